The second-order valence-electron chi connectivity index (χ2n) is 7.54. The summed E-state index contributed by atoms with van der Waals surface area (Å²) in [7, 11) is 1.67. The molecule has 146 valence electrons. The van der Waals surface area contributed by atoms with E-state index in [0.717, 1.165) is 5.56 Å². The minimum Gasteiger partial charge on any atom is -0.456 e. The second-order valence-corrected chi connectivity index (χ2v) is 7.54. The van der Waals surface area contributed by atoms with Gasteiger partial charge in [0.05, 0.1) is 12.1 Å². The molecule has 2 aromatic carbocycles. The normalized spacial score (nSPS) is 15.0. The lowest BCUT2D eigenvalue weighted by Gasteiger charge is -2.10. The van der Waals surface area contributed by atoms with Gasteiger partial charge in [-0.2, -0.15) is 4.57 Å². The van der Waals surface area contributed by atoms with Gasteiger partial charge in [-0.15, -0.1) is 0 Å². The molecule has 0 spiro atoms. The van der Waals surface area contributed by atoms with Crippen molar-refractivity contribution < 1.29 is 20.2 Å². The van der Waals surface area contributed by atoms with E-state index < -0.39 is 25.0 Å². The van der Waals surface area contributed by atoms with Crippen molar-refractivity contribution in [2.75, 3.05) is 0 Å². The Balaban J connectivity index is 2.13. The maximum Gasteiger partial charge on any atom is 0.216 e. The molecule has 0 saturated heterocycles. The summed E-state index contributed by atoms with van der Waals surface area (Å²) in [5, 5.41) is 0.974. The van der Waals surface area contributed by atoms with Crippen LogP contribution in [0.4, 0.5) is 10.1 Å². The van der Waals surface area contributed by atoms with Crippen LogP contribution in [-0.4, -0.2) is 0 Å². The third kappa shape index (κ3) is 3.17. The van der Waals surface area contributed by atoms with Gasteiger partial charge in [-0.05, 0) is 43.3 Å². The zero-order valence-electron chi connectivity index (χ0n) is 21.7. The molecule has 2 heterocycles. The molecule has 0 unspecified atom stereocenters. The predicted octanol–water partition coefficient (Wildman–Crippen LogP) is 6.58. The van der Waals surface area contributed by atoms with Gasteiger partial charge in [-0.3, -0.25) is 0 Å². The van der Waals surface area contributed by atoms with Gasteiger partial charge < -0.3 is 4.42 Å². The second kappa shape index (κ2) is 7.00. The number of benzene rings is 2. The number of aromatic nitrogens is 1. The smallest absolute Gasteiger partial charge is 0.216 e. The summed E-state index contributed by atoms with van der Waals surface area (Å²) in [4.78, 5) is 3.39. The largest absolute Gasteiger partial charge is 0.456 e. The minimum absolute atomic E-state index is 0.0323. The number of furan rings is 1. The molecule has 0 fully saturated rings. The number of pyridine rings is 1. The number of rotatable bonds is 3. The van der Waals surface area contributed by atoms with Crippen LogP contribution in [0.25, 0.3) is 38.0 Å². The molecule has 0 N–H and O–H groups in total. The fourth-order valence-corrected chi connectivity index (χ4v) is 3.72. The van der Waals surface area contributed by atoms with Crippen LogP contribution in [0.2, 0.25) is 0 Å². The van der Waals surface area contributed by atoms with Crippen LogP contribution in [0, 0.1) is 32.1 Å². The molecule has 0 aliphatic carbocycles. The van der Waals surface area contributed by atoms with E-state index in [1.54, 1.807) is 31.5 Å². The van der Waals surface area contributed by atoms with Crippen molar-refractivity contribution in [2.45, 2.75) is 34.0 Å². The Morgan fingerprint density at radius 3 is 2.76 bits per heavy atom. The molecular weight excluding hydrogens is 363 g/mol. The van der Waals surface area contributed by atoms with Crippen LogP contribution in [-0.2, 0) is 13.4 Å². The van der Waals surface area contributed by atoms with Crippen LogP contribution >= 0.6 is 0 Å². The zero-order chi connectivity index (χ0) is 25.2. The molecule has 0 aliphatic rings. The summed E-state index contributed by atoms with van der Waals surface area (Å²) in [6.07, 6.45) is -0.654. The third-order valence-corrected chi connectivity index (χ3v) is 4.99. The Morgan fingerprint density at radius 1 is 1.28 bits per heavy atom. The number of hydrogen-bond acceptors (Lipinski definition) is 1. The quantitative estimate of drug-likeness (QED) is 0.285. The van der Waals surface area contributed by atoms with E-state index in [1.807, 2.05) is 13.0 Å². The lowest BCUT2D eigenvalue weighted by atomic mass is 9.96. The van der Waals surface area contributed by atoms with Crippen molar-refractivity contribution in [3.63, 3.8) is 0 Å². The number of fused-ring (bicyclic) bond motifs is 3. The van der Waals surface area contributed by atoms with E-state index in [-0.39, 0.29) is 22.4 Å². The van der Waals surface area contributed by atoms with Gasteiger partial charge in [-0.25, -0.2) is 9.24 Å². The average Bonchev–Trinajstić information content (AvgIpc) is 3.10. The van der Waals surface area contributed by atoms with E-state index >= 15 is 0 Å². The predicted molar refractivity (Wildman–Crippen MR) is 115 cm³/mol. The zero-order valence-corrected chi connectivity index (χ0v) is 16.7. The van der Waals surface area contributed by atoms with Crippen LogP contribution in [0.1, 0.15) is 37.4 Å². The highest BCUT2D eigenvalue weighted by Crippen LogP contribution is 2.40. The highest BCUT2D eigenvalue weighted by molar-refractivity contribution is 6.11. The molecule has 0 bridgehead atoms. The van der Waals surface area contributed by atoms with Gasteiger partial charge in [0.2, 0.25) is 11.9 Å². The van der Waals surface area contributed by atoms with Gasteiger partial charge in [0.25, 0.3) is 0 Å². The van der Waals surface area contributed by atoms with Crippen LogP contribution in [0.15, 0.2) is 40.9 Å². The first-order valence-corrected chi connectivity index (χ1v) is 9.35. The Morgan fingerprint density at radius 2 is 2.07 bits per heavy atom. The molecule has 0 aliphatic heterocycles. The Hall–Kier alpha value is -3.19. The van der Waals surface area contributed by atoms with E-state index in [9.17, 15) is 4.39 Å². The molecule has 0 amide bonds. The van der Waals surface area contributed by atoms with E-state index in [4.69, 9.17) is 17.8 Å². The summed E-state index contributed by atoms with van der Waals surface area (Å²) in [6, 6.07) is 8.00. The minimum atomic E-state index is -2.46. The summed E-state index contributed by atoms with van der Waals surface area (Å²) in [5.41, 5.74) is 2.76. The Kier molecular flexibility index (Phi) is 3.36. The fourth-order valence-electron chi connectivity index (χ4n) is 3.72. The monoisotopic (exact) mass is 392 g/mol. The van der Waals surface area contributed by atoms with Crippen molar-refractivity contribution in [3.8, 4) is 11.3 Å². The Bertz CT molecular complexity index is 1500. The topological polar surface area (TPSA) is 21.4 Å². The van der Waals surface area contributed by atoms with Gasteiger partial charge in [0, 0.05) is 29.3 Å². The van der Waals surface area contributed by atoms with E-state index in [0.29, 0.717) is 27.6 Å². The maximum absolute atomic E-state index is 14.9. The van der Waals surface area contributed by atoms with Gasteiger partial charge in [-0.1, -0.05) is 32.0 Å². The van der Waals surface area contributed by atoms with Crippen molar-refractivity contribution in [1.82, 2.24) is 0 Å². The standard InChI is InChI=1S/C25H24FN2O/c1-14(2)9-17-11-21(28(6)13-20(17)26)24-15(3)7-8-19-23-16(4)10-18(27-5)12-22(23)29-25(19)24/h7-8,10-14H,9H2,1-4,6H3/q+1/i4D3,9D2. The number of halogens is 1. The van der Waals surface area contributed by atoms with Gasteiger partial charge >= 0.3 is 0 Å². The fraction of sp³-hybridized carbons (Fsp3) is 0.280. The first-order valence-electron chi connectivity index (χ1n) is 11.8. The Labute approximate surface area is 177 Å². The van der Waals surface area contributed by atoms with Crippen LogP contribution in [0.5, 0.6) is 0 Å². The van der Waals surface area contributed by atoms with Crippen LogP contribution < -0.4 is 4.57 Å². The third-order valence-electron chi connectivity index (χ3n) is 4.99. The summed E-state index contributed by atoms with van der Waals surface area (Å²) in [5.74, 6) is -1.11. The molecule has 4 heteroatoms. The number of hydrogen-bond donors (Lipinski definition) is 0. The van der Waals surface area contributed by atoms with Crippen molar-refractivity contribution in [2.24, 2.45) is 13.0 Å². The SMILES string of the molecule is [2H]C([2H])([2H])c1cc([N+]#[C-])cc2oc3c(-c4cc(C([2H])([2H])C(C)C)c(F)c[n+]4C)c(C)ccc3c12. The highest BCUT2D eigenvalue weighted by Gasteiger charge is 2.23. The van der Waals surface area contributed by atoms with Crippen molar-refractivity contribution in [3.05, 3.63) is 70.5 Å². The van der Waals surface area contributed by atoms with Crippen molar-refractivity contribution >= 4 is 27.6 Å². The summed E-state index contributed by atoms with van der Waals surface area (Å²) in [6.45, 7) is 10.2. The molecular formula is C25H24FN2O+. The first-order chi connectivity index (χ1) is 15.8. The lowest BCUT2D eigenvalue weighted by molar-refractivity contribution is -0.662. The molecule has 3 nitrogen and oxygen atoms in total. The maximum atomic E-state index is 14.9. The molecule has 2 aromatic heterocycles. The molecule has 0 atom stereocenters. The van der Waals surface area contributed by atoms with E-state index in [2.05, 4.69) is 4.85 Å². The van der Waals surface area contributed by atoms with E-state index in [1.165, 1.54) is 24.4 Å². The molecule has 4 rings (SSSR count). The van der Waals surface area contributed by atoms with Gasteiger partial charge in [0.15, 0.2) is 11.5 Å². The summed E-state index contributed by atoms with van der Waals surface area (Å²) < 4.78 is 63.5. The van der Waals surface area contributed by atoms with Gasteiger partial charge in [0.1, 0.15) is 18.2 Å². The molecule has 0 radical (unpaired) electrons. The molecule has 4 aromatic rings. The number of aryl methyl sites for hydroxylation is 3. The average molecular weight is 393 g/mol. The summed E-state index contributed by atoms with van der Waals surface area (Å²) >= 11 is 0. The lowest BCUT2D eigenvalue weighted by Crippen LogP contribution is -2.32. The van der Waals surface area contributed by atoms with Crippen LogP contribution in [0.3, 0.4) is 0 Å². The van der Waals surface area contributed by atoms with Crippen molar-refractivity contribution in [1.29, 1.82) is 0 Å². The highest BCUT2D eigenvalue weighted by atomic mass is 19.1. The molecule has 29 heavy (non-hydrogen) atoms. The molecule has 0 saturated carbocycles. The first kappa shape index (κ1) is 13.9. The number of nitrogens with zero attached hydrogens (tertiary/aromatic N) is 2.